The lowest BCUT2D eigenvalue weighted by Crippen LogP contribution is -2.60. The van der Waals surface area contributed by atoms with Gasteiger partial charge in [0.1, 0.15) is 48.3 Å². The molecule has 29 heteroatoms. The number of nitrogens with two attached hydrogens (primary N) is 5. The number of hydrogen-bond acceptors (Lipinski definition) is 16. The zero-order valence-corrected chi connectivity index (χ0v) is 43.3. The van der Waals surface area contributed by atoms with Gasteiger partial charge in [0, 0.05) is 24.6 Å². The van der Waals surface area contributed by atoms with Crippen molar-refractivity contribution in [1.82, 2.24) is 42.5 Å². The van der Waals surface area contributed by atoms with Crippen LogP contribution in [0.4, 0.5) is 0 Å². The minimum absolute atomic E-state index is 0.0194. The molecule has 0 aromatic carbocycles. The maximum Gasteiger partial charge on any atom is 0.327 e. The van der Waals surface area contributed by atoms with E-state index in [1.165, 1.54) is 18.7 Å². The third-order valence-electron chi connectivity index (χ3n) is 9.98. The number of aliphatic carboxylic acids is 1. The Labute approximate surface area is 424 Å². The second-order valence-corrected chi connectivity index (χ2v) is 18.8. The van der Waals surface area contributed by atoms with Gasteiger partial charge in [-0.15, -0.1) is 0 Å². The van der Waals surface area contributed by atoms with Crippen LogP contribution in [-0.4, -0.2) is 173 Å². The fourth-order valence-electron chi connectivity index (χ4n) is 6.23. The number of carboxylic acid groups (broad SMARTS) is 1. The molecule has 0 rings (SSSR count). The molecule has 26 nitrogen and oxygen atoms in total. The van der Waals surface area contributed by atoms with Gasteiger partial charge in [-0.1, -0.05) is 27.7 Å². The Morgan fingerprint density at radius 3 is 1.23 bits per heavy atom. The summed E-state index contributed by atoms with van der Waals surface area (Å²) in [4.78, 5) is 127. The van der Waals surface area contributed by atoms with Crippen LogP contribution < -0.4 is 71.2 Å². The second kappa shape index (κ2) is 34.9. The van der Waals surface area contributed by atoms with Gasteiger partial charge in [-0.3, -0.25) is 48.3 Å². The first-order valence-electron chi connectivity index (χ1n) is 22.7. The maximum absolute atomic E-state index is 14.2. The number of hydrogen-bond donors (Lipinski definition) is 17. The molecule has 0 aromatic rings. The van der Waals surface area contributed by atoms with Gasteiger partial charge in [0.15, 0.2) is 11.9 Å². The third-order valence-corrected chi connectivity index (χ3v) is 11.4. The number of thioether (sulfide) groups is 1. The molecule has 9 atom stereocenters. The maximum atomic E-state index is 14.2. The van der Waals surface area contributed by atoms with Crippen molar-refractivity contribution in [2.45, 2.75) is 134 Å². The fourth-order valence-corrected chi connectivity index (χ4v) is 7.12. The highest BCUT2D eigenvalue weighted by Gasteiger charge is 2.34. The highest BCUT2D eigenvalue weighted by molar-refractivity contribution is 7.98. The Hall–Kier alpha value is -5.26. The first-order chi connectivity index (χ1) is 32.8. The third kappa shape index (κ3) is 26.6. The average molecular weight is 1050 g/mol. The largest absolute Gasteiger partial charge is 0.480 e. The van der Waals surface area contributed by atoms with Gasteiger partial charge in [-0.25, -0.2) is 4.79 Å². The number of carbonyl (C=O) groups excluding carboxylic acids is 8. The lowest BCUT2D eigenvalue weighted by molar-refractivity contribution is -0.141. The Kier molecular flexibility index (Phi) is 32.3. The molecule has 0 aliphatic heterocycles. The standard InChI is InChI=1S/C41H77N15O11S3/c1-20(2)15-27(53-32(59)23(42)18-68)37(64)54-28(16-21(3)4)36(63)51-24(9-7-12-47-40(43)44)33(60)52-26(11-14-70-6)35(62)50-25(10-8-13-48-41(45)46)34(61)55-29(17-57)38(65)49-22(5)31(58)56-30(19-69)39(66)67/h20-30,57,68-69H,7-19,42H2,1-6H3,(H,49,65)(H,50,62)(H,51,63)(H,52,60)(H,53,59)(H,54,64)(H,55,61)(H,56,58)(H,66,67)(H4,43,44,47)(H4,45,46,48)/t22-,23-,24-,25-,26-,27-,28-,29-,30-/m0/s1. The molecule has 0 saturated carbocycles. The van der Waals surface area contributed by atoms with E-state index in [4.69, 9.17) is 28.7 Å². The van der Waals surface area contributed by atoms with E-state index in [9.17, 15) is 53.4 Å². The quantitative estimate of drug-likeness (QED) is 0.0122. The molecule has 0 unspecified atom stereocenters. The van der Waals surface area contributed by atoms with E-state index in [0.29, 0.717) is 5.75 Å². The number of aliphatic hydroxyl groups excluding tert-OH is 1. The van der Waals surface area contributed by atoms with E-state index in [1.54, 1.807) is 6.26 Å². The molecule has 0 aliphatic carbocycles. The molecule has 0 saturated heterocycles. The number of nitrogens with zero attached hydrogens (tertiary/aromatic N) is 2. The number of thiol groups is 2. The summed E-state index contributed by atoms with van der Waals surface area (Å²) < 4.78 is 0. The molecule has 0 bridgehead atoms. The average Bonchev–Trinajstić information content (AvgIpc) is 3.28. The smallest absolute Gasteiger partial charge is 0.327 e. The van der Waals surface area contributed by atoms with Crippen molar-refractivity contribution in [3.8, 4) is 0 Å². The minimum Gasteiger partial charge on any atom is -0.480 e. The summed E-state index contributed by atoms with van der Waals surface area (Å²) in [7, 11) is 0. The molecule has 70 heavy (non-hydrogen) atoms. The van der Waals surface area contributed by atoms with E-state index in [0.717, 1.165) is 0 Å². The Balaban J connectivity index is 6.71. The van der Waals surface area contributed by atoms with Crippen molar-refractivity contribution in [3.05, 3.63) is 0 Å². The van der Waals surface area contributed by atoms with Gasteiger partial charge in [0.2, 0.25) is 47.3 Å². The Morgan fingerprint density at radius 1 is 0.514 bits per heavy atom. The monoisotopic (exact) mass is 1050 g/mol. The number of guanidine groups is 2. The van der Waals surface area contributed by atoms with Gasteiger partial charge in [0.25, 0.3) is 0 Å². The summed E-state index contributed by atoms with van der Waals surface area (Å²) in [6.07, 6.45) is 2.25. The van der Waals surface area contributed by atoms with E-state index in [2.05, 4.69) is 77.8 Å². The Morgan fingerprint density at radius 2 is 0.871 bits per heavy atom. The zero-order valence-electron chi connectivity index (χ0n) is 40.7. The number of aliphatic hydroxyl groups is 1. The van der Waals surface area contributed by atoms with Crippen LogP contribution in [0.15, 0.2) is 9.98 Å². The van der Waals surface area contributed by atoms with E-state index in [-0.39, 0.29) is 93.3 Å². The van der Waals surface area contributed by atoms with Gasteiger partial charge in [-0.2, -0.15) is 37.0 Å². The summed E-state index contributed by atoms with van der Waals surface area (Å²) in [5.41, 5.74) is 27.7. The summed E-state index contributed by atoms with van der Waals surface area (Å²) in [6, 6.07) is -11.6. The number of amides is 8. The normalized spacial score (nSPS) is 14.9. The molecule has 0 aromatic heterocycles. The summed E-state index contributed by atoms with van der Waals surface area (Å²) in [5.74, 6) is -8.42. The highest BCUT2D eigenvalue weighted by atomic mass is 32.2. The van der Waals surface area contributed by atoms with Crippen LogP contribution in [0, 0.1) is 11.8 Å². The number of carboxylic acids is 1. The first-order valence-corrected chi connectivity index (χ1v) is 25.3. The lowest BCUT2D eigenvalue weighted by atomic mass is 9.99. The molecular formula is C41H77N15O11S3. The van der Waals surface area contributed by atoms with Crippen LogP contribution in [0.3, 0.4) is 0 Å². The van der Waals surface area contributed by atoms with Crippen molar-refractivity contribution in [1.29, 1.82) is 0 Å². The van der Waals surface area contributed by atoms with Crippen LogP contribution >= 0.6 is 37.0 Å². The van der Waals surface area contributed by atoms with Crippen molar-refractivity contribution in [2.24, 2.45) is 50.5 Å². The number of nitrogens with one attached hydrogen (secondary N) is 8. The van der Waals surface area contributed by atoms with Crippen LogP contribution in [-0.2, 0) is 43.2 Å². The van der Waals surface area contributed by atoms with E-state index >= 15 is 0 Å². The molecule has 400 valence electrons. The number of carbonyl (C=O) groups is 9. The van der Waals surface area contributed by atoms with Crippen molar-refractivity contribution in [2.75, 3.05) is 43.2 Å². The summed E-state index contributed by atoms with van der Waals surface area (Å²) >= 11 is 9.29. The molecular weight excluding hydrogens is 975 g/mol. The Bertz CT molecular complexity index is 1790. The summed E-state index contributed by atoms with van der Waals surface area (Å²) in [6.45, 7) is 7.70. The second-order valence-electron chi connectivity index (χ2n) is 17.1. The van der Waals surface area contributed by atoms with Crippen molar-refractivity contribution in [3.63, 3.8) is 0 Å². The summed E-state index contributed by atoms with van der Waals surface area (Å²) in [5, 5.41) is 39.5. The number of aliphatic imine (C=N–C) groups is 2. The zero-order chi connectivity index (χ0) is 53.7. The van der Waals surface area contributed by atoms with Crippen LogP contribution in [0.1, 0.15) is 79.6 Å². The van der Waals surface area contributed by atoms with Gasteiger partial charge >= 0.3 is 5.97 Å². The van der Waals surface area contributed by atoms with Gasteiger partial charge in [-0.05, 0) is 75.7 Å². The number of rotatable bonds is 35. The topological polar surface area (TPSA) is 445 Å². The van der Waals surface area contributed by atoms with Crippen molar-refractivity contribution < 1.29 is 53.4 Å². The molecule has 0 radical (unpaired) electrons. The predicted octanol–water partition coefficient (Wildman–Crippen LogP) is -4.90. The molecule has 0 spiro atoms. The molecule has 0 heterocycles. The van der Waals surface area contributed by atoms with E-state index in [1.807, 2.05) is 27.7 Å². The SMILES string of the molecule is CSCC[C@H](NC(=O)[C@H](CCCN=C(N)N)NC(=O)[C@H](CC(C)C)NC(=O)[C@H](CC(C)C)NC(=O)[C@@H](N)CS)C(=O)N[C@@H](CCCN=C(N)N)C(=O)N[C@@H](CO)C(=O)N[C@@H](C)C(=O)N[C@@H](CS)C(=O)O. The molecule has 0 aliphatic rings. The first kappa shape index (κ1) is 64.7. The van der Waals surface area contributed by atoms with Crippen molar-refractivity contribution >= 4 is 102 Å². The van der Waals surface area contributed by atoms with Crippen LogP contribution in [0.5, 0.6) is 0 Å². The minimum atomic E-state index is -1.66. The fraction of sp³-hybridized carbons (Fsp3) is 0.732. The highest BCUT2D eigenvalue weighted by Crippen LogP contribution is 2.12. The molecule has 8 amide bonds. The molecule has 20 N–H and O–H groups in total. The van der Waals surface area contributed by atoms with Gasteiger partial charge < -0.3 is 81.4 Å². The van der Waals surface area contributed by atoms with Crippen LogP contribution in [0.25, 0.3) is 0 Å². The lowest BCUT2D eigenvalue weighted by Gasteiger charge is -2.28. The van der Waals surface area contributed by atoms with Gasteiger partial charge in [0.05, 0.1) is 12.6 Å². The van der Waals surface area contributed by atoms with Crippen LogP contribution in [0.2, 0.25) is 0 Å². The predicted molar refractivity (Wildman–Crippen MR) is 273 cm³/mol. The van der Waals surface area contributed by atoms with E-state index < -0.39 is 114 Å². The molecule has 0 fully saturated rings.